The summed E-state index contributed by atoms with van der Waals surface area (Å²) in [7, 11) is 9.04. The van der Waals surface area contributed by atoms with Gasteiger partial charge in [-0.1, -0.05) is 12.5 Å². The largest absolute Gasteiger partial charge is 0.496 e. The van der Waals surface area contributed by atoms with Crippen LogP contribution in [0.15, 0.2) is 24.4 Å². The van der Waals surface area contributed by atoms with Crippen molar-refractivity contribution in [3.05, 3.63) is 30.1 Å². The van der Waals surface area contributed by atoms with Crippen molar-refractivity contribution in [1.82, 2.24) is 14.9 Å². The van der Waals surface area contributed by atoms with Crippen LogP contribution in [0.3, 0.4) is 0 Å². The third kappa shape index (κ3) is 4.62. The van der Waals surface area contributed by atoms with Crippen LogP contribution >= 0.6 is 0 Å². The Balaban J connectivity index is 2.16. The molecule has 3 rings (SSSR count). The molecule has 1 atom stereocenters. The second kappa shape index (κ2) is 9.89. The Morgan fingerprint density at radius 2 is 1.83 bits per heavy atom. The molecule has 0 aliphatic carbocycles. The first-order valence-electron chi connectivity index (χ1n) is 10.1. The summed E-state index contributed by atoms with van der Waals surface area (Å²) >= 11 is 0. The summed E-state index contributed by atoms with van der Waals surface area (Å²) in [6.45, 7) is 2.62. The molecule has 7 nitrogen and oxygen atoms in total. The Kier molecular flexibility index (Phi) is 7.28. The fraction of sp³-hybridized carbons (Fsp3) is 0.545. The first kappa shape index (κ1) is 21.3. The maximum Gasteiger partial charge on any atom is 0.225 e. The van der Waals surface area contributed by atoms with Crippen molar-refractivity contribution < 1.29 is 14.2 Å². The summed E-state index contributed by atoms with van der Waals surface area (Å²) in [5.74, 6) is 2.21. The van der Waals surface area contributed by atoms with Gasteiger partial charge in [0.1, 0.15) is 11.5 Å². The van der Waals surface area contributed by atoms with E-state index in [1.165, 1.54) is 12.8 Å². The number of hydrogen-bond donors (Lipinski definition) is 0. The van der Waals surface area contributed by atoms with Gasteiger partial charge < -0.3 is 19.1 Å². The number of nitrogens with zero attached hydrogens (tertiary/aromatic N) is 4. The molecule has 0 unspecified atom stereocenters. The van der Waals surface area contributed by atoms with Crippen molar-refractivity contribution in [3.63, 3.8) is 0 Å². The van der Waals surface area contributed by atoms with E-state index >= 15 is 0 Å². The number of methoxy groups -OCH3 is 3. The van der Waals surface area contributed by atoms with Gasteiger partial charge >= 0.3 is 0 Å². The Labute approximate surface area is 173 Å². The average molecular weight is 401 g/mol. The van der Waals surface area contributed by atoms with E-state index < -0.39 is 0 Å². The Morgan fingerprint density at radius 1 is 1.10 bits per heavy atom. The fourth-order valence-corrected chi connectivity index (χ4v) is 3.94. The van der Waals surface area contributed by atoms with Gasteiger partial charge in [0.05, 0.1) is 38.1 Å². The second-order valence-electron chi connectivity index (χ2n) is 7.44. The maximum atomic E-state index is 5.67. The third-order valence-corrected chi connectivity index (χ3v) is 5.41. The number of rotatable bonds is 8. The predicted octanol–water partition coefficient (Wildman–Crippen LogP) is 3.40. The topological polar surface area (TPSA) is 60.0 Å². The highest BCUT2D eigenvalue weighted by molar-refractivity contribution is 5.78. The maximum absolute atomic E-state index is 5.67. The summed E-state index contributed by atoms with van der Waals surface area (Å²) < 4.78 is 16.7. The van der Waals surface area contributed by atoms with E-state index in [0.717, 1.165) is 47.8 Å². The first-order valence-corrected chi connectivity index (χ1v) is 10.1. The molecule has 2 aromatic rings. The van der Waals surface area contributed by atoms with Crippen LogP contribution in [0, 0.1) is 0 Å². The number of piperidine rings is 1. The summed E-state index contributed by atoms with van der Waals surface area (Å²) in [6.07, 6.45) is 5.33. The summed E-state index contributed by atoms with van der Waals surface area (Å²) in [5, 5.41) is 0. The van der Waals surface area contributed by atoms with Crippen molar-refractivity contribution in [2.45, 2.75) is 25.3 Å². The van der Waals surface area contributed by atoms with Crippen molar-refractivity contribution in [2.75, 3.05) is 60.0 Å². The Morgan fingerprint density at radius 3 is 2.45 bits per heavy atom. The number of anilines is 1. The van der Waals surface area contributed by atoms with Crippen LogP contribution in [0.1, 0.15) is 31.0 Å². The molecule has 1 aliphatic rings. The molecular formula is C22H32N4O3. The van der Waals surface area contributed by atoms with Gasteiger partial charge in [0, 0.05) is 39.5 Å². The standard InChI is InChI=1S/C22H32N4O3/c1-25(2)22-23-15-16(20-18(28-4)10-8-11-19(20)29-5)21(24-22)17-9-6-7-12-26(17)13-14-27-3/h8,10-11,15,17H,6-7,9,12-14H2,1-5H3/t17-/m1/s1. The molecule has 1 aliphatic heterocycles. The first-order chi connectivity index (χ1) is 14.1. The monoisotopic (exact) mass is 400 g/mol. The van der Waals surface area contributed by atoms with E-state index in [0.29, 0.717) is 12.6 Å². The smallest absolute Gasteiger partial charge is 0.225 e. The molecule has 1 saturated heterocycles. The highest BCUT2D eigenvalue weighted by atomic mass is 16.5. The third-order valence-electron chi connectivity index (χ3n) is 5.41. The lowest BCUT2D eigenvalue weighted by molar-refractivity contribution is 0.0945. The minimum Gasteiger partial charge on any atom is -0.496 e. The normalized spacial score (nSPS) is 17.2. The lowest BCUT2D eigenvalue weighted by Gasteiger charge is -2.36. The van der Waals surface area contributed by atoms with Gasteiger partial charge in [0.2, 0.25) is 5.95 Å². The fourth-order valence-electron chi connectivity index (χ4n) is 3.94. The summed E-state index contributed by atoms with van der Waals surface area (Å²) in [6, 6.07) is 6.03. The molecule has 0 bridgehead atoms. The van der Waals surface area contributed by atoms with Gasteiger partial charge in [-0.25, -0.2) is 9.97 Å². The number of aromatic nitrogens is 2. The van der Waals surface area contributed by atoms with E-state index in [9.17, 15) is 0 Å². The van der Waals surface area contributed by atoms with Crippen LogP contribution in [-0.4, -0.2) is 70.0 Å². The van der Waals surface area contributed by atoms with Crippen molar-refractivity contribution in [3.8, 4) is 22.6 Å². The Bertz CT molecular complexity index is 790. The number of hydrogen-bond acceptors (Lipinski definition) is 7. The molecule has 0 N–H and O–H groups in total. The zero-order valence-corrected chi connectivity index (χ0v) is 18.1. The van der Waals surface area contributed by atoms with Gasteiger partial charge in [-0.15, -0.1) is 0 Å². The molecule has 1 aromatic carbocycles. The quantitative estimate of drug-likeness (QED) is 0.673. The average Bonchev–Trinajstić information content (AvgIpc) is 2.76. The molecule has 1 aromatic heterocycles. The van der Waals surface area contributed by atoms with Gasteiger partial charge in [-0.05, 0) is 31.5 Å². The van der Waals surface area contributed by atoms with E-state index in [1.807, 2.05) is 43.4 Å². The molecule has 0 radical (unpaired) electrons. The van der Waals surface area contributed by atoms with Crippen LogP contribution in [0.5, 0.6) is 11.5 Å². The molecule has 29 heavy (non-hydrogen) atoms. The molecular weight excluding hydrogens is 368 g/mol. The van der Waals surface area contributed by atoms with Crippen molar-refractivity contribution in [2.24, 2.45) is 0 Å². The summed E-state index contributed by atoms with van der Waals surface area (Å²) in [5.41, 5.74) is 2.87. The molecule has 2 heterocycles. The predicted molar refractivity (Wildman–Crippen MR) is 115 cm³/mol. The van der Waals surface area contributed by atoms with Crippen molar-refractivity contribution >= 4 is 5.95 Å². The Hall–Kier alpha value is -2.38. The van der Waals surface area contributed by atoms with E-state index in [-0.39, 0.29) is 6.04 Å². The van der Waals surface area contributed by atoms with Crippen LogP contribution < -0.4 is 14.4 Å². The van der Waals surface area contributed by atoms with Crippen LogP contribution in [0.2, 0.25) is 0 Å². The van der Waals surface area contributed by atoms with Gasteiger partial charge in [-0.3, -0.25) is 4.90 Å². The number of benzene rings is 1. The highest BCUT2D eigenvalue weighted by Crippen LogP contribution is 2.43. The van der Waals surface area contributed by atoms with E-state index in [1.54, 1.807) is 21.3 Å². The number of ether oxygens (including phenoxy) is 3. The molecule has 158 valence electrons. The molecule has 0 spiro atoms. The van der Waals surface area contributed by atoms with Crippen LogP contribution in [-0.2, 0) is 4.74 Å². The zero-order chi connectivity index (χ0) is 20.8. The number of likely N-dealkylation sites (tertiary alicyclic amines) is 1. The molecule has 1 fully saturated rings. The summed E-state index contributed by atoms with van der Waals surface area (Å²) in [4.78, 5) is 14.0. The zero-order valence-electron chi connectivity index (χ0n) is 18.1. The van der Waals surface area contributed by atoms with Gasteiger partial charge in [0.25, 0.3) is 0 Å². The minimum atomic E-state index is 0.199. The second-order valence-corrected chi connectivity index (χ2v) is 7.44. The van der Waals surface area contributed by atoms with Gasteiger partial charge in [-0.2, -0.15) is 0 Å². The lowest BCUT2D eigenvalue weighted by atomic mass is 9.93. The highest BCUT2D eigenvalue weighted by Gasteiger charge is 2.30. The van der Waals surface area contributed by atoms with Crippen molar-refractivity contribution in [1.29, 1.82) is 0 Å². The molecule has 0 amide bonds. The van der Waals surface area contributed by atoms with E-state index in [2.05, 4.69) is 9.88 Å². The van der Waals surface area contributed by atoms with E-state index in [4.69, 9.17) is 19.2 Å². The SMILES string of the molecule is COCCN1CCCC[C@@H]1c1nc(N(C)C)ncc1-c1c(OC)cccc1OC. The molecule has 7 heteroatoms. The van der Waals surface area contributed by atoms with Gasteiger partial charge in [0.15, 0.2) is 0 Å². The minimum absolute atomic E-state index is 0.199. The van der Waals surface area contributed by atoms with Crippen LogP contribution in [0.4, 0.5) is 5.95 Å². The lowest BCUT2D eigenvalue weighted by Crippen LogP contribution is -2.36. The molecule has 0 saturated carbocycles. The van der Waals surface area contributed by atoms with Crippen LogP contribution in [0.25, 0.3) is 11.1 Å².